The highest BCUT2D eigenvalue weighted by Crippen LogP contribution is 2.43. The summed E-state index contributed by atoms with van der Waals surface area (Å²) in [4.78, 5) is 40.5. The predicted octanol–water partition coefficient (Wildman–Crippen LogP) is 4.22. The van der Waals surface area contributed by atoms with Gasteiger partial charge in [-0.15, -0.1) is 0 Å². The molecule has 0 N–H and O–H groups in total. The highest BCUT2D eigenvalue weighted by atomic mass is 16.6. The zero-order valence-electron chi connectivity index (χ0n) is 20.5. The average molecular weight is 482 g/mol. The van der Waals surface area contributed by atoms with E-state index in [1.165, 1.54) is 6.07 Å². The highest BCUT2D eigenvalue weighted by Gasteiger charge is 2.50. The minimum Gasteiger partial charge on any atom is -0.493 e. The molecule has 2 amide bonds. The first-order valence-electron chi connectivity index (χ1n) is 11.8. The molecule has 9 heteroatoms. The number of likely N-dealkylation sites (N-methyl/N-ethyl adjacent to an activating group) is 1. The Balaban J connectivity index is 1.54. The third-order valence-corrected chi connectivity index (χ3v) is 7.20. The molecule has 1 saturated heterocycles. The number of rotatable bonds is 8. The molecule has 2 aromatic rings. The highest BCUT2D eigenvalue weighted by molar-refractivity contribution is 6.22. The van der Waals surface area contributed by atoms with Crippen LogP contribution < -0.4 is 19.3 Å². The lowest BCUT2D eigenvalue weighted by Gasteiger charge is -2.25. The molecule has 1 saturated carbocycles. The van der Waals surface area contributed by atoms with Crippen LogP contribution in [0.3, 0.4) is 0 Å². The number of methoxy groups -OCH3 is 2. The number of hydrogen-bond donors (Lipinski definition) is 0. The van der Waals surface area contributed by atoms with Crippen LogP contribution in [0.1, 0.15) is 31.7 Å². The number of amides is 2. The van der Waals surface area contributed by atoms with Crippen molar-refractivity contribution in [1.82, 2.24) is 0 Å². The van der Waals surface area contributed by atoms with Crippen LogP contribution in [0.25, 0.3) is 0 Å². The lowest BCUT2D eigenvalue weighted by molar-refractivity contribution is -0.384. The summed E-state index contributed by atoms with van der Waals surface area (Å²) in [6, 6.07) is 10.2. The molecule has 0 radical (unpaired) electrons. The van der Waals surface area contributed by atoms with Crippen molar-refractivity contribution < 1.29 is 24.0 Å². The van der Waals surface area contributed by atoms with Gasteiger partial charge in [0.25, 0.3) is 5.69 Å². The summed E-state index contributed by atoms with van der Waals surface area (Å²) < 4.78 is 10.6. The number of benzene rings is 2. The number of imide groups is 1. The summed E-state index contributed by atoms with van der Waals surface area (Å²) in [5, 5.41) is 11.9. The third-order valence-electron chi connectivity index (χ3n) is 7.20. The molecule has 186 valence electrons. The van der Waals surface area contributed by atoms with Crippen LogP contribution >= 0.6 is 0 Å². The van der Waals surface area contributed by atoms with Gasteiger partial charge in [-0.25, -0.2) is 4.90 Å². The van der Waals surface area contributed by atoms with Gasteiger partial charge in [-0.05, 0) is 61.4 Å². The summed E-state index contributed by atoms with van der Waals surface area (Å²) in [5.41, 5.74) is 1.55. The largest absolute Gasteiger partial charge is 0.493 e. The van der Waals surface area contributed by atoms with Gasteiger partial charge in [-0.3, -0.25) is 19.7 Å². The van der Waals surface area contributed by atoms with E-state index in [4.69, 9.17) is 9.47 Å². The number of nitrogens with zero attached hydrogens (tertiary/aromatic N) is 3. The van der Waals surface area contributed by atoms with Gasteiger partial charge in [0.05, 0.1) is 36.7 Å². The van der Waals surface area contributed by atoms with Gasteiger partial charge in [0.1, 0.15) is 5.69 Å². The van der Waals surface area contributed by atoms with Crippen molar-refractivity contribution in [3.05, 3.63) is 52.1 Å². The Labute approximate surface area is 204 Å². The van der Waals surface area contributed by atoms with E-state index >= 15 is 0 Å². The predicted molar refractivity (Wildman–Crippen MR) is 132 cm³/mol. The molecular formula is C26H31N3O6. The quantitative estimate of drug-likeness (QED) is 0.316. The maximum absolute atomic E-state index is 13.1. The number of carbonyl (C=O) groups is 2. The van der Waals surface area contributed by atoms with E-state index in [2.05, 4.69) is 6.92 Å². The molecule has 1 heterocycles. The lowest BCUT2D eigenvalue weighted by atomic mass is 9.76. The second kappa shape index (κ2) is 9.93. The first-order chi connectivity index (χ1) is 16.7. The van der Waals surface area contributed by atoms with Gasteiger partial charge < -0.3 is 14.4 Å². The van der Waals surface area contributed by atoms with Crippen molar-refractivity contribution in [2.45, 2.75) is 32.6 Å². The summed E-state index contributed by atoms with van der Waals surface area (Å²) in [6.45, 7) is 2.60. The molecule has 35 heavy (non-hydrogen) atoms. The normalized spacial score (nSPS) is 21.6. The molecule has 2 fully saturated rings. The van der Waals surface area contributed by atoms with Gasteiger partial charge >= 0.3 is 0 Å². The molecular weight excluding hydrogens is 450 g/mol. The Morgan fingerprint density at radius 2 is 1.74 bits per heavy atom. The van der Waals surface area contributed by atoms with Gasteiger partial charge in [0.15, 0.2) is 11.5 Å². The summed E-state index contributed by atoms with van der Waals surface area (Å²) >= 11 is 0. The molecule has 2 aromatic carbocycles. The van der Waals surface area contributed by atoms with E-state index < -0.39 is 4.92 Å². The number of anilines is 2. The molecule has 1 aliphatic heterocycles. The third kappa shape index (κ3) is 4.67. The number of carbonyl (C=O) groups excluding carboxylic acids is 2. The molecule has 3 atom stereocenters. The molecule has 2 aliphatic rings. The lowest BCUT2D eigenvalue weighted by Crippen LogP contribution is -2.31. The summed E-state index contributed by atoms with van der Waals surface area (Å²) in [5.74, 6) is 0.528. The topological polar surface area (TPSA) is 102 Å². The Morgan fingerprint density at radius 1 is 1.03 bits per heavy atom. The van der Waals surface area contributed by atoms with Crippen LogP contribution in [-0.4, -0.2) is 44.5 Å². The minimum absolute atomic E-state index is 0.138. The fourth-order valence-corrected chi connectivity index (χ4v) is 5.22. The van der Waals surface area contributed by atoms with Crippen molar-refractivity contribution >= 4 is 28.9 Å². The van der Waals surface area contributed by atoms with E-state index in [1.807, 2.05) is 18.2 Å². The molecule has 0 bridgehead atoms. The van der Waals surface area contributed by atoms with Crippen LogP contribution in [0.2, 0.25) is 0 Å². The molecule has 1 aliphatic carbocycles. The average Bonchev–Trinajstić information content (AvgIpc) is 3.10. The van der Waals surface area contributed by atoms with Crippen molar-refractivity contribution in [2.24, 2.45) is 17.8 Å². The van der Waals surface area contributed by atoms with Gasteiger partial charge in [-0.1, -0.05) is 13.0 Å². The van der Waals surface area contributed by atoms with Crippen LogP contribution in [0, 0.1) is 27.9 Å². The fraction of sp³-hybridized carbons (Fsp3) is 0.462. The molecule has 0 aromatic heterocycles. The Kier molecular flexibility index (Phi) is 6.95. The molecule has 3 unspecified atom stereocenters. The van der Waals surface area contributed by atoms with Gasteiger partial charge in [0, 0.05) is 19.7 Å². The summed E-state index contributed by atoms with van der Waals surface area (Å²) in [6.07, 6.45) is 2.91. The molecule has 9 nitrogen and oxygen atoms in total. The van der Waals surface area contributed by atoms with E-state index in [-0.39, 0.29) is 35.0 Å². The zero-order valence-corrected chi connectivity index (χ0v) is 20.5. The summed E-state index contributed by atoms with van der Waals surface area (Å²) in [7, 11) is 4.93. The van der Waals surface area contributed by atoms with Crippen LogP contribution in [-0.2, 0) is 16.0 Å². The maximum atomic E-state index is 13.1. The number of hydrogen-bond acceptors (Lipinski definition) is 7. The van der Waals surface area contributed by atoms with Gasteiger partial charge in [-0.2, -0.15) is 0 Å². The number of nitro groups is 1. The molecule has 4 rings (SSSR count). The number of nitro benzene ring substituents is 1. The Morgan fingerprint density at radius 3 is 2.43 bits per heavy atom. The monoisotopic (exact) mass is 481 g/mol. The maximum Gasteiger partial charge on any atom is 0.294 e. The van der Waals surface area contributed by atoms with E-state index in [0.29, 0.717) is 48.9 Å². The minimum atomic E-state index is -0.466. The fourth-order valence-electron chi connectivity index (χ4n) is 5.22. The van der Waals surface area contributed by atoms with Crippen molar-refractivity contribution in [1.29, 1.82) is 0 Å². The van der Waals surface area contributed by atoms with Crippen LogP contribution in [0.5, 0.6) is 11.5 Å². The zero-order chi connectivity index (χ0) is 25.3. The molecule has 0 spiro atoms. The Bertz CT molecular complexity index is 1150. The van der Waals surface area contributed by atoms with Crippen molar-refractivity contribution in [3.63, 3.8) is 0 Å². The standard InChI is InChI=1S/C26H31N3O6/c1-16-5-8-19-20(13-16)26(31)28(25(19)30)18-7-9-21(22(15-18)29(32)33)27(2)12-11-17-6-10-23(34-3)24(14-17)35-4/h6-7,9-10,14-16,19-20H,5,8,11-13H2,1-4H3. The second-order valence-corrected chi connectivity index (χ2v) is 9.43. The first-order valence-corrected chi connectivity index (χ1v) is 11.8. The second-order valence-electron chi connectivity index (χ2n) is 9.43. The van der Waals surface area contributed by atoms with E-state index in [0.717, 1.165) is 16.9 Å². The smallest absolute Gasteiger partial charge is 0.294 e. The Hall–Kier alpha value is -3.62. The van der Waals surface area contributed by atoms with Crippen molar-refractivity contribution in [3.8, 4) is 11.5 Å². The van der Waals surface area contributed by atoms with E-state index in [9.17, 15) is 19.7 Å². The van der Waals surface area contributed by atoms with Gasteiger partial charge in [0.2, 0.25) is 11.8 Å². The van der Waals surface area contributed by atoms with Crippen molar-refractivity contribution in [2.75, 3.05) is 37.6 Å². The SMILES string of the molecule is COc1ccc(CCN(C)c2ccc(N3C(=O)C4CCC(C)CC4C3=O)cc2[N+](=O)[O-])cc1OC. The van der Waals surface area contributed by atoms with E-state index in [1.54, 1.807) is 38.3 Å². The van der Waals surface area contributed by atoms with Crippen LogP contribution in [0.15, 0.2) is 36.4 Å². The van der Waals surface area contributed by atoms with Crippen LogP contribution in [0.4, 0.5) is 17.1 Å². The first kappa shape index (κ1) is 24.5. The number of fused-ring (bicyclic) bond motifs is 1. The number of ether oxygens (including phenoxy) is 2.